The molecule has 4 heterocycles. The highest BCUT2D eigenvalue weighted by Gasteiger charge is 2.40. The van der Waals surface area contributed by atoms with Gasteiger partial charge >= 0.3 is 0 Å². The predicted octanol–water partition coefficient (Wildman–Crippen LogP) is 3.95. The molecule has 3 aromatic rings. The second-order valence-electron chi connectivity index (χ2n) is 9.17. The van der Waals surface area contributed by atoms with E-state index in [9.17, 15) is 9.18 Å². The van der Waals surface area contributed by atoms with Crippen LogP contribution < -0.4 is 20.1 Å². The average molecular weight is 587 g/mol. The van der Waals surface area contributed by atoms with Gasteiger partial charge in [-0.25, -0.2) is 4.39 Å². The summed E-state index contributed by atoms with van der Waals surface area (Å²) in [6.07, 6.45) is 4.72. The molecule has 8 nitrogen and oxygen atoms in total. The van der Waals surface area contributed by atoms with Gasteiger partial charge in [0.05, 0.1) is 23.6 Å². The number of nitrogens with one attached hydrogen (secondary N) is 2. The second-order valence-corrected chi connectivity index (χ2v) is 9.61. The summed E-state index contributed by atoms with van der Waals surface area (Å²) < 4.78 is 25.8. The van der Waals surface area contributed by atoms with Gasteiger partial charge in [-0.15, -0.1) is 24.8 Å². The Hall–Kier alpha value is -2.43. The summed E-state index contributed by atoms with van der Waals surface area (Å²) in [6, 6.07) is 7.19. The van der Waals surface area contributed by atoms with Crippen molar-refractivity contribution in [3.05, 3.63) is 58.8 Å². The average Bonchev–Trinajstić information content (AvgIpc) is 2.91. The largest absolute Gasteiger partial charge is 0.486 e. The molecule has 2 N–H and O–H groups in total. The highest BCUT2D eigenvalue weighted by Crippen LogP contribution is 2.30. The Morgan fingerprint density at radius 1 is 1.11 bits per heavy atom. The number of benzene rings is 1. The lowest BCUT2D eigenvalue weighted by Crippen LogP contribution is -2.61. The third-order valence-electron chi connectivity index (χ3n) is 7.03. The normalized spacial score (nSPS) is 16.3. The smallest absolute Gasteiger partial charge is 0.240 e. The van der Waals surface area contributed by atoms with Crippen molar-refractivity contribution in [1.29, 1.82) is 0 Å². The number of carbonyl (C=O) groups excluding carboxylic acids is 1. The molecule has 38 heavy (non-hydrogen) atoms. The van der Waals surface area contributed by atoms with Gasteiger partial charge in [0.15, 0.2) is 11.5 Å². The Balaban J connectivity index is 0.00000200. The van der Waals surface area contributed by atoms with Crippen LogP contribution in [0.25, 0.3) is 10.9 Å². The van der Waals surface area contributed by atoms with Crippen molar-refractivity contribution in [2.24, 2.45) is 0 Å². The van der Waals surface area contributed by atoms with Gasteiger partial charge in [0.25, 0.3) is 0 Å². The standard InChI is InChI=1S/C26H29ClFN5O3.2ClH/c1-29-25(34)26(32-14-18-13-23-24(16-30-18)36-11-10-35-23)5-8-33(9-6-26)7-4-19-20-12-17(27)2-3-22(20)31-15-21(19)28;;/h2-3,12-13,15-16,32H,4-11,14H2,1H3,(H,29,34);2*1H. The van der Waals surface area contributed by atoms with E-state index in [1.807, 2.05) is 6.07 Å². The lowest BCUT2D eigenvalue weighted by atomic mass is 9.86. The summed E-state index contributed by atoms with van der Waals surface area (Å²) in [4.78, 5) is 23.8. The van der Waals surface area contributed by atoms with E-state index in [-0.39, 0.29) is 36.5 Å². The fraction of sp³-hybridized carbons (Fsp3) is 0.423. The van der Waals surface area contributed by atoms with Crippen LogP contribution in [0.3, 0.4) is 0 Å². The first kappa shape index (κ1) is 30.1. The van der Waals surface area contributed by atoms with Crippen LogP contribution in [0, 0.1) is 5.82 Å². The Kier molecular flexibility index (Phi) is 10.4. The van der Waals surface area contributed by atoms with E-state index in [1.54, 1.807) is 31.4 Å². The third-order valence-corrected chi connectivity index (χ3v) is 7.27. The number of fused-ring (bicyclic) bond motifs is 2. The number of hydrogen-bond donors (Lipinski definition) is 2. The highest BCUT2D eigenvalue weighted by atomic mass is 35.5. The van der Waals surface area contributed by atoms with Gasteiger partial charge in [-0.1, -0.05) is 11.6 Å². The number of halogens is 4. The number of rotatable bonds is 7. The molecule has 2 aliphatic rings. The van der Waals surface area contributed by atoms with Crippen LogP contribution in [0.2, 0.25) is 5.02 Å². The molecule has 5 rings (SSSR count). The Morgan fingerprint density at radius 3 is 2.58 bits per heavy atom. The number of likely N-dealkylation sites (N-methyl/N-ethyl adjacent to an activating group) is 1. The van der Waals surface area contributed by atoms with Gasteiger partial charge in [-0.2, -0.15) is 0 Å². The zero-order valence-corrected chi connectivity index (χ0v) is 23.4. The number of aromatic nitrogens is 2. The van der Waals surface area contributed by atoms with E-state index in [2.05, 4.69) is 25.5 Å². The molecule has 12 heteroatoms. The van der Waals surface area contributed by atoms with Crippen LogP contribution in [0.1, 0.15) is 24.1 Å². The molecule has 0 aliphatic carbocycles. The number of pyridine rings is 2. The Bertz CT molecular complexity index is 1270. The molecular weight excluding hydrogens is 556 g/mol. The van der Waals surface area contributed by atoms with Gasteiger partial charge in [0, 0.05) is 55.3 Å². The topological polar surface area (TPSA) is 88.6 Å². The lowest BCUT2D eigenvalue weighted by Gasteiger charge is -2.41. The number of ether oxygens (including phenoxy) is 2. The van der Waals surface area contributed by atoms with Crippen LogP contribution in [0.5, 0.6) is 11.5 Å². The minimum atomic E-state index is -0.706. The zero-order valence-electron chi connectivity index (χ0n) is 21.0. The molecule has 0 spiro atoms. The van der Waals surface area contributed by atoms with Crippen molar-refractivity contribution in [2.75, 3.05) is 39.9 Å². The van der Waals surface area contributed by atoms with Crippen molar-refractivity contribution >= 4 is 53.2 Å². The summed E-state index contributed by atoms with van der Waals surface area (Å²) in [7, 11) is 1.66. The van der Waals surface area contributed by atoms with Crippen LogP contribution in [-0.2, 0) is 17.8 Å². The first-order valence-corrected chi connectivity index (χ1v) is 12.5. The maximum atomic E-state index is 14.6. The summed E-state index contributed by atoms with van der Waals surface area (Å²) in [6.45, 7) is 3.55. The first-order valence-electron chi connectivity index (χ1n) is 12.1. The minimum absolute atomic E-state index is 0. The van der Waals surface area contributed by atoms with Gasteiger partial charge in [0.2, 0.25) is 5.91 Å². The number of piperidine rings is 1. The molecule has 2 aromatic heterocycles. The highest BCUT2D eigenvalue weighted by molar-refractivity contribution is 6.31. The van der Waals surface area contributed by atoms with Gasteiger partial charge in [0.1, 0.15) is 24.6 Å². The summed E-state index contributed by atoms with van der Waals surface area (Å²) in [5.74, 6) is 0.949. The van der Waals surface area contributed by atoms with Crippen molar-refractivity contribution < 1.29 is 18.7 Å². The van der Waals surface area contributed by atoms with Crippen LogP contribution in [0.4, 0.5) is 4.39 Å². The lowest BCUT2D eigenvalue weighted by molar-refractivity contribution is -0.129. The van der Waals surface area contributed by atoms with E-state index >= 15 is 0 Å². The number of likely N-dealkylation sites (tertiary alicyclic amines) is 1. The number of nitrogens with zero attached hydrogens (tertiary/aromatic N) is 3. The fourth-order valence-corrected chi connectivity index (χ4v) is 5.12. The quantitative estimate of drug-likeness (QED) is 0.434. The van der Waals surface area contributed by atoms with Crippen molar-refractivity contribution in [2.45, 2.75) is 31.3 Å². The van der Waals surface area contributed by atoms with Crippen molar-refractivity contribution in [3.63, 3.8) is 0 Å². The molecular formula is C26H31Cl3FN5O3. The van der Waals surface area contributed by atoms with Crippen molar-refractivity contribution in [1.82, 2.24) is 25.5 Å². The van der Waals surface area contributed by atoms with Crippen LogP contribution >= 0.6 is 36.4 Å². The monoisotopic (exact) mass is 585 g/mol. The Morgan fingerprint density at radius 2 is 1.84 bits per heavy atom. The SMILES string of the molecule is CNC(=O)C1(NCc2cc3c(cn2)OCCO3)CCN(CCc2c(F)cnc3ccc(Cl)cc23)CC1.Cl.Cl. The maximum Gasteiger partial charge on any atom is 0.240 e. The maximum absolute atomic E-state index is 14.6. The van der Waals surface area contributed by atoms with Crippen LogP contribution in [-0.4, -0.2) is 66.2 Å². The molecule has 0 unspecified atom stereocenters. The fourth-order valence-electron chi connectivity index (χ4n) is 4.95. The molecule has 0 bridgehead atoms. The molecule has 1 amide bonds. The summed E-state index contributed by atoms with van der Waals surface area (Å²) >= 11 is 6.15. The minimum Gasteiger partial charge on any atom is -0.486 e. The molecule has 1 fully saturated rings. The second kappa shape index (κ2) is 13.1. The molecule has 0 atom stereocenters. The van der Waals surface area contributed by atoms with Gasteiger partial charge in [-0.05, 0) is 37.5 Å². The van der Waals surface area contributed by atoms with Crippen molar-refractivity contribution in [3.8, 4) is 11.5 Å². The van der Waals surface area contributed by atoms with E-state index in [0.717, 1.165) is 16.6 Å². The summed E-state index contributed by atoms with van der Waals surface area (Å²) in [5, 5.41) is 7.58. The molecule has 0 saturated carbocycles. The van der Waals surface area contributed by atoms with E-state index in [4.69, 9.17) is 21.1 Å². The van der Waals surface area contributed by atoms with E-state index < -0.39 is 5.54 Å². The molecule has 1 aromatic carbocycles. The molecule has 2 aliphatic heterocycles. The van der Waals surface area contributed by atoms with Crippen LogP contribution in [0.15, 0.2) is 36.7 Å². The Labute approximate surface area is 238 Å². The van der Waals surface area contributed by atoms with E-state index in [1.165, 1.54) is 6.20 Å². The first-order chi connectivity index (χ1) is 17.5. The molecule has 0 radical (unpaired) electrons. The summed E-state index contributed by atoms with van der Waals surface area (Å²) in [5.41, 5.74) is 1.42. The molecule has 206 valence electrons. The zero-order chi connectivity index (χ0) is 25.1. The number of amides is 1. The van der Waals surface area contributed by atoms with Gasteiger partial charge < -0.3 is 19.7 Å². The number of hydrogen-bond acceptors (Lipinski definition) is 7. The van der Waals surface area contributed by atoms with Gasteiger partial charge in [-0.3, -0.25) is 20.1 Å². The predicted molar refractivity (Wildman–Crippen MR) is 149 cm³/mol. The molecule has 1 saturated heterocycles. The number of carbonyl (C=O) groups is 1. The third kappa shape index (κ3) is 6.40. The van der Waals surface area contributed by atoms with E-state index in [0.29, 0.717) is 80.7 Å².